The fraction of sp³-hybridized carbons (Fsp3) is 0.400. The van der Waals surface area contributed by atoms with Crippen LogP contribution in [0.15, 0.2) is 18.2 Å². The van der Waals surface area contributed by atoms with E-state index in [0.717, 1.165) is 5.56 Å². The van der Waals surface area contributed by atoms with Crippen molar-refractivity contribution in [2.45, 2.75) is 25.4 Å². The van der Waals surface area contributed by atoms with Crippen LogP contribution in [-0.4, -0.2) is 0 Å². The van der Waals surface area contributed by atoms with Crippen molar-refractivity contribution in [3.63, 3.8) is 0 Å². The van der Waals surface area contributed by atoms with Crippen molar-refractivity contribution in [1.29, 1.82) is 0 Å². The van der Waals surface area contributed by atoms with Gasteiger partial charge in [0.1, 0.15) is 11.5 Å². The van der Waals surface area contributed by atoms with E-state index in [9.17, 15) is 8.78 Å². The Labute approximate surface area is 70.2 Å². The molecule has 0 radical (unpaired) electrons. The van der Waals surface area contributed by atoms with Gasteiger partial charge < -0.3 is 0 Å². The van der Waals surface area contributed by atoms with Crippen LogP contribution in [0.25, 0.3) is 0 Å². The van der Waals surface area contributed by atoms with Crippen molar-refractivity contribution < 1.29 is 8.78 Å². The monoisotopic (exact) mass is 168 g/mol. The summed E-state index contributed by atoms with van der Waals surface area (Å²) in [4.78, 5) is 0. The molecular formula is C10H10F2. The maximum absolute atomic E-state index is 13.6. The van der Waals surface area contributed by atoms with Crippen LogP contribution in [0.3, 0.4) is 0 Å². The Morgan fingerprint density at radius 2 is 2.17 bits per heavy atom. The molecule has 0 bridgehead atoms. The van der Waals surface area contributed by atoms with Gasteiger partial charge in [-0.1, -0.05) is 12.1 Å². The molecule has 2 heteroatoms. The number of benzene rings is 1. The second-order valence-electron chi connectivity index (χ2n) is 3.47. The van der Waals surface area contributed by atoms with Crippen LogP contribution in [0.2, 0.25) is 0 Å². The summed E-state index contributed by atoms with van der Waals surface area (Å²) in [5.41, 5.74) is -0.370. The van der Waals surface area contributed by atoms with E-state index in [2.05, 4.69) is 0 Å². The van der Waals surface area contributed by atoms with Crippen molar-refractivity contribution in [1.82, 2.24) is 0 Å². The van der Waals surface area contributed by atoms with Crippen molar-refractivity contribution >= 4 is 0 Å². The zero-order chi connectivity index (χ0) is 8.77. The fourth-order valence-electron chi connectivity index (χ4n) is 1.86. The summed E-state index contributed by atoms with van der Waals surface area (Å²) in [5.74, 6) is -0.407. The van der Waals surface area contributed by atoms with Gasteiger partial charge in [-0.05, 0) is 31.4 Å². The maximum atomic E-state index is 13.6. The average Bonchev–Trinajstić information content (AvgIpc) is 2.29. The molecule has 1 atom stereocenters. The first-order valence-electron chi connectivity index (χ1n) is 4.08. The van der Waals surface area contributed by atoms with E-state index in [4.69, 9.17) is 0 Å². The van der Waals surface area contributed by atoms with Gasteiger partial charge in [0.2, 0.25) is 0 Å². The van der Waals surface area contributed by atoms with Crippen LogP contribution < -0.4 is 0 Å². The number of aryl methyl sites for hydroxylation is 1. The summed E-state index contributed by atoms with van der Waals surface area (Å²) < 4.78 is 26.8. The lowest BCUT2D eigenvalue weighted by Crippen LogP contribution is -2.11. The average molecular weight is 168 g/mol. The molecule has 0 saturated heterocycles. The SMILES string of the molecule is CC1(F)CCc2cccc(F)c21. The molecule has 1 aliphatic rings. The molecule has 0 heterocycles. The fourth-order valence-corrected chi connectivity index (χ4v) is 1.86. The predicted molar refractivity (Wildman–Crippen MR) is 43.2 cm³/mol. The second-order valence-corrected chi connectivity index (χ2v) is 3.47. The van der Waals surface area contributed by atoms with E-state index in [1.165, 1.54) is 13.0 Å². The van der Waals surface area contributed by atoms with E-state index in [0.29, 0.717) is 12.8 Å². The third kappa shape index (κ3) is 0.942. The largest absolute Gasteiger partial charge is 0.239 e. The molecule has 0 aliphatic heterocycles. The van der Waals surface area contributed by atoms with Crippen LogP contribution in [0.1, 0.15) is 24.5 Å². The van der Waals surface area contributed by atoms with Gasteiger partial charge >= 0.3 is 0 Å². The molecule has 0 nitrogen and oxygen atoms in total. The van der Waals surface area contributed by atoms with Gasteiger partial charge in [0.15, 0.2) is 0 Å². The zero-order valence-electron chi connectivity index (χ0n) is 6.90. The van der Waals surface area contributed by atoms with E-state index < -0.39 is 11.5 Å². The van der Waals surface area contributed by atoms with E-state index in [-0.39, 0.29) is 5.56 Å². The summed E-state index contributed by atoms with van der Waals surface area (Å²) in [5, 5.41) is 0. The van der Waals surface area contributed by atoms with Gasteiger partial charge in [0.05, 0.1) is 0 Å². The Morgan fingerprint density at radius 3 is 2.83 bits per heavy atom. The summed E-state index contributed by atoms with van der Waals surface area (Å²) in [6.07, 6.45) is 1.06. The highest BCUT2D eigenvalue weighted by Gasteiger charge is 2.36. The Balaban J connectivity index is 2.64. The lowest BCUT2D eigenvalue weighted by molar-refractivity contribution is 0.188. The number of hydrogen-bond donors (Lipinski definition) is 0. The van der Waals surface area contributed by atoms with Gasteiger partial charge in [0.25, 0.3) is 0 Å². The smallest absolute Gasteiger partial charge is 0.136 e. The molecule has 2 rings (SSSR count). The van der Waals surface area contributed by atoms with Crippen molar-refractivity contribution in [2.24, 2.45) is 0 Å². The van der Waals surface area contributed by atoms with Crippen LogP contribution >= 0.6 is 0 Å². The Kier molecular flexibility index (Phi) is 1.47. The van der Waals surface area contributed by atoms with Crippen molar-refractivity contribution in [2.75, 3.05) is 0 Å². The highest BCUT2D eigenvalue weighted by Crippen LogP contribution is 2.40. The number of halogens is 2. The minimum Gasteiger partial charge on any atom is -0.239 e. The molecule has 0 N–H and O–H groups in total. The predicted octanol–water partition coefficient (Wildman–Crippen LogP) is 2.96. The van der Waals surface area contributed by atoms with Gasteiger partial charge in [-0.15, -0.1) is 0 Å². The molecule has 0 amide bonds. The molecule has 0 fully saturated rings. The first-order chi connectivity index (χ1) is 5.61. The normalized spacial score (nSPS) is 27.2. The Morgan fingerprint density at radius 1 is 1.42 bits per heavy atom. The third-order valence-electron chi connectivity index (χ3n) is 2.49. The summed E-state index contributed by atoms with van der Waals surface area (Å²) >= 11 is 0. The summed E-state index contributed by atoms with van der Waals surface area (Å²) in [6.45, 7) is 1.45. The Hall–Kier alpha value is -0.920. The topological polar surface area (TPSA) is 0 Å². The highest BCUT2D eigenvalue weighted by molar-refractivity contribution is 5.37. The van der Waals surface area contributed by atoms with E-state index in [1.807, 2.05) is 0 Å². The van der Waals surface area contributed by atoms with Gasteiger partial charge in [-0.2, -0.15) is 0 Å². The summed E-state index contributed by atoms with van der Waals surface area (Å²) in [7, 11) is 0. The molecular weight excluding hydrogens is 158 g/mol. The van der Waals surface area contributed by atoms with Crippen molar-refractivity contribution in [3.05, 3.63) is 35.1 Å². The summed E-state index contributed by atoms with van der Waals surface area (Å²) in [6, 6.07) is 4.75. The maximum Gasteiger partial charge on any atom is 0.136 e. The number of fused-ring (bicyclic) bond motifs is 1. The molecule has 12 heavy (non-hydrogen) atoms. The standard InChI is InChI=1S/C10H10F2/c1-10(12)6-5-7-3-2-4-8(11)9(7)10/h2-4H,5-6H2,1H3. The van der Waals surface area contributed by atoms with E-state index in [1.54, 1.807) is 12.1 Å². The van der Waals surface area contributed by atoms with Gasteiger partial charge in [-0.25, -0.2) is 8.78 Å². The Bertz CT molecular complexity index is 316. The minimum absolute atomic E-state index is 0.269. The molecule has 1 aromatic carbocycles. The number of alkyl halides is 1. The molecule has 1 aliphatic carbocycles. The quantitative estimate of drug-likeness (QED) is 0.558. The third-order valence-corrected chi connectivity index (χ3v) is 2.49. The van der Waals surface area contributed by atoms with Gasteiger partial charge in [0, 0.05) is 5.56 Å². The molecule has 0 saturated carbocycles. The first kappa shape index (κ1) is 7.71. The lowest BCUT2D eigenvalue weighted by Gasteiger charge is -2.14. The molecule has 1 unspecified atom stereocenters. The van der Waals surface area contributed by atoms with Crippen LogP contribution in [-0.2, 0) is 12.1 Å². The minimum atomic E-state index is -1.46. The molecule has 0 aromatic heterocycles. The molecule has 1 aromatic rings. The van der Waals surface area contributed by atoms with Crippen molar-refractivity contribution in [3.8, 4) is 0 Å². The van der Waals surface area contributed by atoms with Crippen LogP contribution in [0, 0.1) is 5.82 Å². The zero-order valence-corrected chi connectivity index (χ0v) is 6.90. The van der Waals surface area contributed by atoms with Gasteiger partial charge in [-0.3, -0.25) is 0 Å². The first-order valence-corrected chi connectivity index (χ1v) is 4.08. The second kappa shape index (κ2) is 2.28. The molecule has 0 spiro atoms. The lowest BCUT2D eigenvalue weighted by atomic mass is 10.00. The molecule has 64 valence electrons. The van der Waals surface area contributed by atoms with Crippen LogP contribution in [0.5, 0.6) is 0 Å². The van der Waals surface area contributed by atoms with E-state index >= 15 is 0 Å². The van der Waals surface area contributed by atoms with Crippen LogP contribution in [0.4, 0.5) is 8.78 Å². The number of rotatable bonds is 0. The number of hydrogen-bond acceptors (Lipinski definition) is 0. The highest BCUT2D eigenvalue weighted by atomic mass is 19.1.